The number of hydrogen-bond acceptors (Lipinski definition) is 2. The van der Waals surface area contributed by atoms with E-state index in [9.17, 15) is 4.79 Å². The van der Waals surface area contributed by atoms with Gasteiger partial charge in [-0.3, -0.25) is 9.58 Å². The van der Waals surface area contributed by atoms with Gasteiger partial charge in [0.15, 0.2) is 0 Å². The number of carbonyl (C=O) groups is 1. The van der Waals surface area contributed by atoms with Gasteiger partial charge < -0.3 is 5.32 Å². The molecule has 1 aromatic heterocycles. The summed E-state index contributed by atoms with van der Waals surface area (Å²) in [6, 6.07) is 8.12. The number of anilines is 1. The number of amides is 2. The Hall–Kier alpha value is -2.30. The summed E-state index contributed by atoms with van der Waals surface area (Å²) >= 11 is 0. The van der Waals surface area contributed by atoms with Gasteiger partial charge in [-0.15, -0.1) is 0 Å². The predicted molar refractivity (Wildman–Crippen MR) is 96.4 cm³/mol. The molecule has 0 saturated heterocycles. The molecule has 128 valence electrons. The van der Waals surface area contributed by atoms with Crippen molar-refractivity contribution in [3.63, 3.8) is 0 Å². The minimum Gasteiger partial charge on any atom is -0.331 e. The molecule has 1 aromatic carbocycles. The van der Waals surface area contributed by atoms with Crippen LogP contribution in [0.1, 0.15) is 54.7 Å². The van der Waals surface area contributed by atoms with Gasteiger partial charge in [0.05, 0.1) is 11.7 Å². The highest BCUT2D eigenvalue weighted by Gasteiger charge is 2.31. The molecule has 2 heterocycles. The summed E-state index contributed by atoms with van der Waals surface area (Å²) in [7, 11) is 1.94. The fourth-order valence-electron chi connectivity index (χ4n) is 3.71. The van der Waals surface area contributed by atoms with Crippen LogP contribution in [0.5, 0.6) is 0 Å². The Balaban J connectivity index is 1.84. The van der Waals surface area contributed by atoms with Crippen LogP contribution in [0.25, 0.3) is 0 Å². The summed E-state index contributed by atoms with van der Waals surface area (Å²) in [5.74, 6) is 0.369. The van der Waals surface area contributed by atoms with Crippen LogP contribution in [0.15, 0.2) is 24.3 Å². The van der Waals surface area contributed by atoms with Gasteiger partial charge in [-0.2, -0.15) is 5.10 Å². The van der Waals surface area contributed by atoms with Gasteiger partial charge in [-0.05, 0) is 31.9 Å². The standard InChI is InChI=1S/C19H26N4O/c1-6-16(18-13(3)21-22(5)14(18)4)20-19(24)23-11-12(2)15-9-7-8-10-17(15)23/h7-10,12,16H,6,11H2,1-5H3,(H,20,24)/t12-,16+/m0/s1. The largest absolute Gasteiger partial charge is 0.331 e. The first-order valence-corrected chi connectivity index (χ1v) is 8.61. The van der Waals surface area contributed by atoms with Crippen LogP contribution in [0.4, 0.5) is 10.5 Å². The van der Waals surface area contributed by atoms with E-state index in [0.717, 1.165) is 35.6 Å². The van der Waals surface area contributed by atoms with E-state index in [0.29, 0.717) is 5.92 Å². The topological polar surface area (TPSA) is 50.2 Å². The zero-order valence-corrected chi connectivity index (χ0v) is 15.1. The summed E-state index contributed by atoms with van der Waals surface area (Å²) in [6.07, 6.45) is 0.837. The number of nitrogens with zero attached hydrogens (tertiary/aromatic N) is 3. The van der Waals surface area contributed by atoms with Crippen LogP contribution < -0.4 is 10.2 Å². The fourth-order valence-corrected chi connectivity index (χ4v) is 3.71. The van der Waals surface area contributed by atoms with Crippen LogP contribution in [-0.4, -0.2) is 22.4 Å². The maximum Gasteiger partial charge on any atom is 0.322 e. The Morgan fingerprint density at radius 3 is 2.71 bits per heavy atom. The Labute approximate surface area is 143 Å². The molecule has 0 aliphatic carbocycles. The number of urea groups is 1. The molecule has 2 amide bonds. The first kappa shape index (κ1) is 16.6. The Kier molecular flexibility index (Phi) is 4.35. The normalized spacial score (nSPS) is 17.7. The molecule has 0 fully saturated rings. The Bertz CT molecular complexity index is 765. The van der Waals surface area contributed by atoms with E-state index in [2.05, 4.69) is 37.3 Å². The van der Waals surface area contributed by atoms with Crippen molar-refractivity contribution in [2.45, 2.75) is 46.1 Å². The lowest BCUT2D eigenvalue weighted by atomic mass is 10.0. The summed E-state index contributed by atoms with van der Waals surface area (Å²) in [4.78, 5) is 14.8. The highest BCUT2D eigenvalue weighted by atomic mass is 16.2. The van der Waals surface area contributed by atoms with E-state index >= 15 is 0 Å². The highest BCUT2D eigenvalue weighted by molar-refractivity contribution is 5.94. The van der Waals surface area contributed by atoms with Crippen molar-refractivity contribution in [1.82, 2.24) is 15.1 Å². The van der Waals surface area contributed by atoms with Crippen molar-refractivity contribution in [2.75, 3.05) is 11.4 Å². The quantitative estimate of drug-likeness (QED) is 0.932. The number of rotatable bonds is 3. The molecule has 0 radical (unpaired) electrons. The third-order valence-corrected chi connectivity index (χ3v) is 5.08. The lowest BCUT2D eigenvalue weighted by molar-refractivity contribution is 0.242. The molecule has 5 heteroatoms. The fraction of sp³-hybridized carbons (Fsp3) is 0.474. The molecule has 1 aliphatic heterocycles. The average molecular weight is 326 g/mol. The van der Waals surface area contributed by atoms with Gasteiger partial charge in [0.1, 0.15) is 0 Å². The molecule has 1 aliphatic rings. The van der Waals surface area contributed by atoms with Crippen molar-refractivity contribution >= 4 is 11.7 Å². The van der Waals surface area contributed by atoms with E-state index < -0.39 is 0 Å². The van der Waals surface area contributed by atoms with Gasteiger partial charge >= 0.3 is 6.03 Å². The molecule has 0 unspecified atom stereocenters. The van der Waals surface area contributed by atoms with E-state index in [1.165, 1.54) is 5.56 Å². The second kappa shape index (κ2) is 6.30. The number of carbonyl (C=O) groups excluding carboxylic acids is 1. The van der Waals surface area contributed by atoms with Crippen LogP contribution in [0.2, 0.25) is 0 Å². The molecule has 1 N–H and O–H groups in total. The molecule has 0 bridgehead atoms. The number of hydrogen-bond donors (Lipinski definition) is 1. The van der Waals surface area contributed by atoms with E-state index in [4.69, 9.17) is 0 Å². The van der Waals surface area contributed by atoms with Crippen LogP contribution in [-0.2, 0) is 7.05 Å². The Morgan fingerprint density at radius 2 is 2.08 bits per heavy atom. The lowest BCUT2D eigenvalue weighted by Crippen LogP contribution is -2.41. The zero-order valence-electron chi connectivity index (χ0n) is 15.1. The first-order chi connectivity index (χ1) is 11.4. The summed E-state index contributed by atoms with van der Waals surface area (Å²) in [6.45, 7) is 9.05. The number of benzene rings is 1. The van der Waals surface area contributed by atoms with Crippen molar-refractivity contribution < 1.29 is 4.79 Å². The van der Waals surface area contributed by atoms with Crippen LogP contribution >= 0.6 is 0 Å². The summed E-state index contributed by atoms with van der Waals surface area (Å²) < 4.78 is 1.88. The first-order valence-electron chi connectivity index (χ1n) is 8.61. The monoisotopic (exact) mass is 326 g/mol. The predicted octanol–water partition coefficient (Wildman–Crippen LogP) is 3.82. The second-order valence-electron chi connectivity index (χ2n) is 6.69. The minimum absolute atomic E-state index is 0.0192. The van der Waals surface area contributed by atoms with E-state index in [1.54, 1.807) is 0 Å². The van der Waals surface area contributed by atoms with Gasteiger partial charge in [0.25, 0.3) is 0 Å². The molecule has 0 saturated carbocycles. The third kappa shape index (κ3) is 2.68. The number of aryl methyl sites for hydroxylation is 2. The molecular formula is C19H26N4O. The van der Waals surface area contributed by atoms with E-state index in [1.807, 2.05) is 41.8 Å². The van der Waals surface area contributed by atoms with E-state index in [-0.39, 0.29) is 12.1 Å². The minimum atomic E-state index is -0.0266. The molecular weight excluding hydrogens is 300 g/mol. The molecule has 2 atom stereocenters. The van der Waals surface area contributed by atoms with Crippen molar-refractivity contribution in [3.05, 3.63) is 46.8 Å². The third-order valence-electron chi connectivity index (χ3n) is 5.08. The van der Waals surface area contributed by atoms with Crippen molar-refractivity contribution in [3.8, 4) is 0 Å². The number of para-hydroxylation sites is 1. The summed E-state index contributed by atoms with van der Waals surface area (Å²) in [5.41, 5.74) is 5.49. The van der Waals surface area contributed by atoms with Crippen LogP contribution in [0.3, 0.4) is 0 Å². The average Bonchev–Trinajstić information content (AvgIpc) is 3.03. The number of fused-ring (bicyclic) bond motifs is 1. The maximum atomic E-state index is 12.9. The summed E-state index contributed by atoms with van der Waals surface area (Å²) in [5, 5.41) is 7.70. The van der Waals surface area contributed by atoms with Crippen molar-refractivity contribution in [2.24, 2.45) is 7.05 Å². The van der Waals surface area contributed by atoms with Crippen molar-refractivity contribution in [1.29, 1.82) is 0 Å². The number of aromatic nitrogens is 2. The molecule has 24 heavy (non-hydrogen) atoms. The second-order valence-corrected chi connectivity index (χ2v) is 6.69. The molecule has 2 aromatic rings. The van der Waals surface area contributed by atoms with Gasteiger partial charge in [0.2, 0.25) is 0 Å². The highest BCUT2D eigenvalue weighted by Crippen LogP contribution is 2.36. The molecule has 3 rings (SSSR count). The van der Waals surface area contributed by atoms with Crippen LogP contribution in [0, 0.1) is 13.8 Å². The van der Waals surface area contributed by atoms with Gasteiger partial charge in [-0.1, -0.05) is 32.0 Å². The van der Waals surface area contributed by atoms with Gasteiger partial charge in [-0.25, -0.2) is 4.79 Å². The Morgan fingerprint density at radius 1 is 1.38 bits per heavy atom. The smallest absolute Gasteiger partial charge is 0.322 e. The molecule has 0 spiro atoms. The lowest BCUT2D eigenvalue weighted by Gasteiger charge is -2.24. The SMILES string of the molecule is CC[C@@H](NC(=O)N1C[C@H](C)c2ccccc21)c1c(C)nn(C)c1C. The maximum absolute atomic E-state index is 12.9. The van der Waals surface area contributed by atoms with Gasteiger partial charge in [0, 0.05) is 36.5 Å². The number of nitrogens with one attached hydrogen (secondary N) is 1. The zero-order chi connectivity index (χ0) is 17.4. The molecule has 5 nitrogen and oxygen atoms in total.